The molecule has 98 valence electrons. The van der Waals surface area contributed by atoms with Crippen molar-refractivity contribution in [2.45, 2.75) is 6.92 Å². The number of hydrogen-bond donors (Lipinski definition) is 1. The zero-order valence-electron chi connectivity index (χ0n) is 10.8. The Morgan fingerprint density at radius 1 is 1.05 bits per heavy atom. The first-order chi connectivity index (χ1) is 9.11. The van der Waals surface area contributed by atoms with Gasteiger partial charge in [0.05, 0.1) is 12.7 Å². The minimum Gasteiger partial charge on any atom is -0.496 e. The van der Waals surface area contributed by atoms with Crippen molar-refractivity contribution in [1.82, 2.24) is 0 Å². The van der Waals surface area contributed by atoms with E-state index in [1.54, 1.807) is 31.4 Å². The summed E-state index contributed by atoms with van der Waals surface area (Å²) in [6.45, 7) is 1.37. The van der Waals surface area contributed by atoms with Crippen LogP contribution in [0, 0.1) is 0 Å². The van der Waals surface area contributed by atoms with Crippen LogP contribution in [0.25, 0.3) is 11.1 Å². The van der Waals surface area contributed by atoms with Crippen LogP contribution >= 0.6 is 0 Å². The lowest BCUT2D eigenvalue weighted by Crippen LogP contribution is -2.03. The van der Waals surface area contributed by atoms with Gasteiger partial charge in [0.15, 0.2) is 0 Å². The molecule has 19 heavy (non-hydrogen) atoms. The second-order valence-corrected chi connectivity index (χ2v) is 4.05. The average Bonchev–Trinajstić information content (AvgIpc) is 2.39. The van der Waals surface area contributed by atoms with Crippen LogP contribution in [-0.2, 0) is 4.79 Å². The highest BCUT2D eigenvalue weighted by atomic mass is 16.5. The molecule has 0 saturated carbocycles. The molecular weight excluding hydrogens is 242 g/mol. The zero-order chi connectivity index (χ0) is 13.8. The van der Waals surface area contributed by atoms with Gasteiger partial charge in [-0.3, -0.25) is 4.79 Å². The molecule has 2 rings (SSSR count). The second kappa shape index (κ2) is 5.44. The normalized spacial score (nSPS) is 10.0. The number of hydrogen-bond acceptors (Lipinski definition) is 4. The number of benzene rings is 2. The molecule has 4 heteroatoms. The van der Waals surface area contributed by atoms with Crippen molar-refractivity contribution in [3.05, 3.63) is 42.5 Å². The van der Waals surface area contributed by atoms with Crippen molar-refractivity contribution in [2.75, 3.05) is 12.8 Å². The van der Waals surface area contributed by atoms with Crippen LogP contribution in [0.15, 0.2) is 42.5 Å². The van der Waals surface area contributed by atoms with E-state index in [0.29, 0.717) is 17.2 Å². The molecule has 0 aliphatic carbocycles. The Kier molecular flexibility index (Phi) is 3.71. The van der Waals surface area contributed by atoms with Gasteiger partial charge in [0, 0.05) is 12.6 Å². The lowest BCUT2D eigenvalue weighted by atomic mass is 10.0. The number of nitrogens with two attached hydrogens (primary N) is 1. The largest absolute Gasteiger partial charge is 0.496 e. The first-order valence-electron chi connectivity index (χ1n) is 5.83. The van der Waals surface area contributed by atoms with Gasteiger partial charge in [-0.2, -0.15) is 0 Å². The maximum absolute atomic E-state index is 11.2. The van der Waals surface area contributed by atoms with Crippen LogP contribution in [0.5, 0.6) is 11.5 Å². The van der Waals surface area contributed by atoms with E-state index in [4.69, 9.17) is 15.2 Å². The number of anilines is 1. The van der Waals surface area contributed by atoms with Crippen molar-refractivity contribution in [2.24, 2.45) is 0 Å². The van der Waals surface area contributed by atoms with Gasteiger partial charge in [-0.05, 0) is 29.8 Å². The van der Waals surface area contributed by atoms with Crippen LogP contribution < -0.4 is 15.2 Å². The Balaban J connectivity index is 2.57. The van der Waals surface area contributed by atoms with Crippen molar-refractivity contribution >= 4 is 11.7 Å². The minimum absolute atomic E-state index is 0.370. The Hall–Kier alpha value is -2.49. The van der Waals surface area contributed by atoms with Crippen LogP contribution in [-0.4, -0.2) is 13.1 Å². The van der Waals surface area contributed by atoms with E-state index in [2.05, 4.69) is 0 Å². The molecule has 0 aliphatic heterocycles. The molecule has 0 amide bonds. The van der Waals surface area contributed by atoms with Gasteiger partial charge in [0.25, 0.3) is 0 Å². The van der Waals surface area contributed by atoms with Crippen molar-refractivity contribution in [1.29, 1.82) is 0 Å². The van der Waals surface area contributed by atoms with Crippen LogP contribution in [0.3, 0.4) is 0 Å². The predicted molar refractivity (Wildman–Crippen MR) is 74.2 cm³/mol. The smallest absolute Gasteiger partial charge is 0.308 e. The molecule has 0 radical (unpaired) electrons. The van der Waals surface area contributed by atoms with Crippen molar-refractivity contribution in [3.8, 4) is 22.6 Å². The Morgan fingerprint density at radius 2 is 1.68 bits per heavy atom. The quantitative estimate of drug-likeness (QED) is 0.521. The summed E-state index contributed by atoms with van der Waals surface area (Å²) in [5.41, 5.74) is 7.97. The predicted octanol–water partition coefficient (Wildman–Crippen LogP) is 2.87. The summed E-state index contributed by atoms with van der Waals surface area (Å²) >= 11 is 0. The number of nitrogen functional groups attached to an aromatic ring is 1. The number of carbonyl (C=O) groups is 1. The minimum atomic E-state index is -0.370. The summed E-state index contributed by atoms with van der Waals surface area (Å²) in [5.74, 6) is 0.741. The molecular formula is C15H15NO3. The molecule has 0 atom stereocenters. The summed E-state index contributed by atoms with van der Waals surface area (Å²) in [6.07, 6.45) is 0. The Bertz CT molecular complexity index is 591. The monoisotopic (exact) mass is 257 g/mol. The molecule has 0 spiro atoms. The molecule has 2 N–H and O–H groups in total. The van der Waals surface area contributed by atoms with E-state index in [1.165, 1.54) is 6.92 Å². The molecule has 2 aromatic rings. The van der Waals surface area contributed by atoms with Crippen LogP contribution in [0.4, 0.5) is 5.69 Å². The maximum atomic E-state index is 11.2. The van der Waals surface area contributed by atoms with Gasteiger partial charge in [-0.25, -0.2) is 0 Å². The molecule has 0 fully saturated rings. The lowest BCUT2D eigenvalue weighted by molar-refractivity contribution is -0.131. The highest BCUT2D eigenvalue weighted by Crippen LogP contribution is 2.38. The van der Waals surface area contributed by atoms with E-state index in [0.717, 1.165) is 11.1 Å². The summed E-state index contributed by atoms with van der Waals surface area (Å²) in [4.78, 5) is 11.2. The molecule has 0 bridgehead atoms. The fourth-order valence-corrected chi connectivity index (χ4v) is 1.86. The van der Waals surface area contributed by atoms with Gasteiger partial charge >= 0.3 is 5.97 Å². The molecule has 0 saturated heterocycles. The summed E-state index contributed by atoms with van der Waals surface area (Å²) in [5, 5.41) is 0. The fourth-order valence-electron chi connectivity index (χ4n) is 1.86. The Labute approximate surface area is 111 Å². The van der Waals surface area contributed by atoms with E-state index < -0.39 is 0 Å². The standard InChI is InChI=1S/C15H15NO3/c1-10(17)19-14-5-3-4-13(18-2)15(14)11-6-8-12(16)9-7-11/h3-9H,16H2,1-2H3. The molecule has 2 aromatic carbocycles. The fraction of sp³-hybridized carbons (Fsp3) is 0.133. The number of rotatable bonds is 3. The number of esters is 1. The molecule has 4 nitrogen and oxygen atoms in total. The van der Waals surface area contributed by atoms with Gasteiger partial charge < -0.3 is 15.2 Å². The van der Waals surface area contributed by atoms with Gasteiger partial charge in [-0.1, -0.05) is 18.2 Å². The van der Waals surface area contributed by atoms with Gasteiger partial charge in [-0.15, -0.1) is 0 Å². The zero-order valence-corrected chi connectivity index (χ0v) is 10.8. The lowest BCUT2D eigenvalue weighted by Gasteiger charge is -2.13. The summed E-state index contributed by atoms with van der Waals surface area (Å²) in [6, 6.07) is 12.6. The highest BCUT2D eigenvalue weighted by molar-refractivity contribution is 5.81. The topological polar surface area (TPSA) is 61.5 Å². The highest BCUT2D eigenvalue weighted by Gasteiger charge is 2.13. The van der Waals surface area contributed by atoms with Crippen molar-refractivity contribution in [3.63, 3.8) is 0 Å². The third kappa shape index (κ3) is 2.85. The second-order valence-electron chi connectivity index (χ2n) is 4.05. The molecule has 0 aliphatic rings. The summed E-state index contributed by atoms with van der Waals surface area (Å²) < 4.78 is 10.6. The average molecular weight is 257 g/mol. The number of methoxy groups -OCH3 is 1. The van der Waals surface area contributed by atoms with Gasteiger partial charge in [0.1, 0.15) is 11.5 Å². The molecule has 0 heterocycles. The van der Waals surface area contributed by atoms with Crippen LogP contribution in [0.2, 0.25) is 0 Å². The van der Waals surface area contributed by atoms with E-state index in [9.17, 15) is 4.79 Å². The Morgan fingerprint density at radius 3 is 2.26 bits per heavy atom. The van der Waals surface area contributed by atoms with E-state index in [1.807, 2.05) is 18.2 Å². The van der Waals surface area contributed by atoms with Gasteiger partial charge in [0.2, 0.25) is 0 Å². The first-order valence-corrected chi connectivity index (χ1v) is 5.83. The molecule has 0 unspecified atom stereocenters. The SMILES string of the molecule is COc1cccc(OC(C)=O)c1-c1ccc(N)cc1. The summed E-state index contributed by atoms with van der Waals surface area (Å²) in [7, 11) is 1.58. The number of carbonyl (C=O) groups excluding carboxylic acids is 1. The molecule has 0 aromatic heterocycles. The number of ether oxygens (including phenoxy) is 2. The third-order valence-electron chi connectivity index (χ3n) is 2.66. The van der Waals surface area contributed by atoms with Crippen LogP contribution in [0.1, 0.15) is 6.92 Å². The van der Waals surface area contributed by atoms with Crippen molar-refractivity contribution < 1.29 is 14.3 Å². The maximum Gasteiger partial charge on any atom is 0.308 e. The third-order valence-corrected chi connectivity index (χ3v) is 2.66. The first kappa shape index (κ1) is 13.0. The van der Waals surface area contributed by atoms with E-state index in [-0.39, 0.29) is 5.97 Å². The van der Waals surface area contributed by atoms with E-state index >= 15 is 0 Å².